The summed E-state index contributed by atoms with van der Waals surface area (Å²) >= 11 is 6.44. The number of hydrogen-bond donors (Lipinski definition) is 3. The van der Waals surface area contributed by atoms with Crippen LogP contribution in [0.15, 0.2) is 41.8 Å². The van der Waals surface area contributed by atoms with Crippen LogP contribution in [0, 0.1) is 0 Å². The standard InChI is InChI=1S/C15H15N3O3S2/c1-21-13(19)9-10-4-6-11(7-5-10)16-15(22)18-17-14(20)12-3-2-8-23-12/h2-8H,9H2,1H3,(H,17,20)(H2,16,18,22). The number of thiophene rings is 1. The van der Waals surface area contributed by atoms with Crippen molar-refractivity contribution in [2.45, 2.75) is 6.42 Å². The molecule has 6 nitrogen and oxygen atoms in total. The molecule has 23 heavy (non-hydrogen) atoms. The predicted octanol–water partition coefficient (Wildman–Crippen LogP) is 2.09. The number of nitrogens with one attached hydrogen (secondary N) is 3. The molecule has 0 aliphatic heterocycles. The molecular weight excluding hydrogens is 334 g/mol. The van der Waals surface area contributed by atoms with Crippen LogP contribution in [0.2, 0.25) is 0 Å². The molecule has 2 rings (SSSR count). The summed E-state index contributed by atoms with van der Waals surface area (Å²) in [6.07, 6.45) is 0.219. The number of thiocarbonyl (C=S) groups is 1. The predicted molar refractivity (Wildman–Crippen MR) is 93.3 cm³/mol. The van der Waals surface area contributed by atoms with E-state index in [9.17, 15) is 9.59 Å². The van der Waals surface area contributed by atoms with Gasteiger partial charge < -0.3 is 10.1 Å². The Kier molecular flexibility index (Phi) is 6.07. The molecule has 2 aromatic rings. The van der Waals surface area contributed by atoms with E-state index >= 15 is 0 Å². The first kappa shape index (κ1) is 16.9. The second-order valence-corrected chi connectivity index (χ2v) is 5.82. The smallest absolute Gasteiger partial charge is 0.309 e. The number of anilines is 1. The minimum Gasteiger partial charge on any atom is -0.469 e. The maximum absolute atomic E-state index is 11.7. The maximum atomic E-state index is 11.7. The molecule has 120 valence electrons. The normalized spacial score (nSPS) is 9.78. The Morgan fingerprint density at radius 2 is 1.91 bits per heavy atom. The van der Waals surface area contributed by atoms with E-state index in [4.69, 9.17) is 12.2 Å². The number of amides is 1. The molecule has 1 heterocycles. The Labute approximate surface area is 142 Å². The van der Waals surface area contributed by atoms with Gasteiger partial charge in [-0.15, -0.1) is 11.3 Å². The molecule has 1 amide bonds. The van der Waals surface area contributed by atoms with Crippen LogP contribution in [0.4, 0.5) is 5.69 Å². The third kappa shape index (κ3) is 5.35. The average Bonchev–Trinajstić information content (AvgIpc) is 3.09. The van der Waals surface area contributed by atoms with Crippen LogP contribution >= 0.6 is 23.6 Å². The van der Waals surface area contributed by atoms with Gasteiger partial charge in [0.1, 0.15) is 0 Å². The topological polar surface area (TPSA) is 79.5 Å². The molecule has 0 saturated heterocycles. The molecule has 1 aromatic heterocycles. The van der Waals surface area contributed by atoms with Gasteiger partial charge in [0.2, 0.25) is 0 Å². The number of carbonyl (C=O) groups excluding carboxylic acids is 2. The van der Waals surface area contributed by atoms with Crippen molar-refractivity contribution in [3.8, 4) is 0 Å². The van der Waals surface area contributed by atoms with Crippen molar-refractivity contribution in [3.05, 3.63) is 52.2 Å². The summed E-state index contributed by atoms with van der Waals surface area (Å²) in [7, 11) is 1.35. The summed E-state index contributed by atoms with van der Waals surface area (Å²) in [6.45, 7) is 0. The maximum Gasteiger partial charge on any atom is 0.309 e. The van der Waals surface area contributed by atoms with Crippen LogP contribution in [0.3, 0.4) is 0 Å². The summed E-state index contributed by atoms with van der Waals surface area (Å²) in [6, 6.07) is 10.7. The molecule has 8 heteroatoms. The van der Waals surface area contributed by atoms with Gasteiger partial charge in [-0.1, -0.05) is 18.2 Å². The largest absolute Gasteiger partial charge is 0.469 e. The fraction of sp³-hybridized carbons (Fsp3) is 0.133. The van der Waals surface area contributed by atoms with Crippen molar-refractivity contribution >= 4 is 46.2 Å². The first-order valence-electron chi connectivity index (χ1n) is 6.65. The van der Waals surface area contributed by atoms with Crippen molar-refractivity contribution < 1.29 is 14.3 Å². The van der Waals surface area contributed by atoms with E-state index < -0.39 is 0 Å². The molecule has 0 radical (unpaired) electrons. The van der Waals surface area contributed by atoms with E-state index in [1.54, 1.807) is 36.4 Å². The number of hydrogen-bond acceptors (Lipinski definition) is 5. The van der Waals surface area contributed by atoms with Gasteiger partial charge in [-0.2, -0.15) is 0 Å². The van der Waals surface area contributed by atoms with E-state index in [0.29, 0.717) is 4.88 Å². The van der Waals surface area contributed by atoms with Gasteiger partial charge in [-0.05, 0) is 41.4 Å². The second kappa shape index (κ2) is 8.25. The summed E-state index contributed by atoms with van der Waals surface area (Å²) in [5.74, 6) is -0.545. The highest BCUT2D eigenvalue weighted by atomic mass is 32.1. The fourth-order valence-electron chi connectivity index (χ4n) is 1.69. The van der Waals surface area contributed by atoms with Gasteiger partial charge >= 0.3 is 5.97 Å². The SMILES string of the molecule is COC(=O)Cc1ccc(NC(=S)NNC(=O)c2cccs2)cc1. The average molecular weight is 349 g/mol. The van der Waals surface area contributed by atoms with E-state index in [2.05, 4.69) is 20.9 Å². The van der Waals surface area contributed by atoms with Gasteiger partial charge in [-0.25, -0.2) is 0 Å². The van der Waals surface area contributed by atoms with Gasteiger partial charge in [0, 0.05) is 5.69 Å². The fourth-order valence-corrected chi connectivity index (χ4v) is 2.48. The third-order valence-electron chi connectivity index (χ3n) is 2.82. The van der Waals surface area contributed by atoms with Gasteiger partial charge in [0.15, 0.2) is 5.11 Å². The van der Waals surface area contributed by atoms with Crippen molar-refractivity contribution in [1.82, 2.24) is 10.9 Å². The molecule has 0 bridgehead atoms. The van der Waals surface area contributed by atoms with Crippen LogP contribution in [0.5, 0.6) is 0 Å². The zero-order valence-corrected chi connectivity index (χ0v) is 13.9. The van der Waals surface area contributed by atoms with Crippen LogP contribution in [-0.4, -0.2) is 24.1 Å². The first-order valence-corrected chi connectivity index (χ1v) is 7.94. The highest BCUT2D eigenvalue weighted by molar-refractivity contribution is 7.80. The molecule has 0 fully saturated rings. The number of methoxy groups -OCH3 is 1. The van der Waals surface area contributed by atoms with Gasteiger partial charge in [0.05, 0.1) is 18.4 Å². The summed E-state index contributed by atoms with van der Waals surface area (Å²) in [5, 5.41) is 5.01. The lowest BCUT2D eigenvalue weighted by Gasteiger charge is -2.11. The molecule has 0 unspecified atom stereocenters. The quantitative estimate of drug-likeness (QED) is 0.446. The van der Waals surface area contributed by atoms with Crippen LogP contribution in [0.25, 0.3) is 0 Å². The summed E-state index contributed by atoms with van der Waals surface area (Å²) < 4.78 is 4.61. The van der Waals surface area contributed by atoms with Crippen LogP contribution in [-0.2, 0) is 16.0 Å². The van der Waals surface area contributed by atoms with Crippen LogP contribution < -0.4 is 16.2 Å². The van der Waals surface area contributed by atoms with Crippen molar-refractivity contribution in [1.29, 1.82) is 0 Å². The van der Waals surface area contributed by atoms with E-state index in [0.717, 1.165) is 11.3 Å². The zero-order chi connectivity index (χ0) is 16.7. The summed E-state index contributed by atoms with van der Waals surface area (Å²) in [5.41, 5.74) is 6.71. The number of rotatable bonds is 4. The Morgan fingerprint density at radius 3 is 2.52 bits per heavy atom. The highest BCUT2D eigenvalue weighted by Gasteiger charge is 2.07. The minimum absolute atomic E-state index is 0.219. The number of esters is 1. The highest BCUT2D eigenvalue weighted by Crippen LogP contribution is 2.10. The second-order valence-electron chi connectivity index (χ2n) is 4.46. The molecule has 1 aromatic carbocycles. The number of hydrazine groups is 1. The van der Waals surface area contributed by atoms with Crippen molar-refractivity contribution in [3.63, 3.8) is 0 Å². The van der Waals surface area contributed by atoms with Crippen molar-refractivity contribution in [2.24, 2.45) is 0 Å². The molecule has 3 N–H and O–H groups in total. The Hall–Kier alpha value is -2.45. The first-order chi connectivity index (χ1) is 11.1. The van der Waals surface area contributed by atoms with Gasteiger partial charge in [0.25, 0.3) is 5.91 Å². The van der Waals surface area contributed by atoms with Crippen LogP contribution in [0.1, 0.15) is 15.2 Å². The molecule has 0 aliphatic rings. The molecule has 0 atom stereocenters. The molecular formula is C15H15N3O3S2. The summed E-state index contributed by atoms with van der Waals surface area (Å²) in [4.78, 5) is 23.5. The Bertz CT molecular complexity index is 685. The lowest BCUT2D eigenvalue weighted by molar-refractivity contribution is -0.139. The van der Waals surface area contributed by atoms with Gasteiger partial charge in [-0.3, -0.25) is 20.4 Å². The molecule has 0 saturated carbocycles. The van der Waals surface area contributed by atoms with Crippen molar-refractivity contribution in [2.75, 3.05) is 12.4 Å². The van der Waals surface area contributed by atoms with E-state index in [1.165, 1.54) is 18.4 Å². The third-order valence-corrected chi connectivity index (χ3v) is 3.90. The lowest BCUT2D eigenvalue weighted by atomic mass is 10.1. The number of carbonyl (C=O) groups is 2. The lowest BCUT2D eigenvalue weighted by Crippen LogP contribution is -2.43. The minimum atomic E-state index is -0.292. The number of ether oxygens (including phenoxy) is 1. The Morgan fingerprint density at radius 1 is 1.17 bits per heavy atom. The monoisotopic (exact) mass is 349 g/mol. The van der Waals surface area contributed by atoms with E-state index in [-0.39, 0.29) is 23.4 Å². The number of benzene rings is 1. The van der Waals surface area contributed by atoms with E-state index in [1.807, 2.05) is 5.38 Å². The zero-order valence-electron chi connectivity index (χ0n) is 12.3. The Balaban J connectivity index is 1.81. The molecule has 0 spiro atoms. The molecule has 0 aliphatic carbocycles.